The first-order valence-corrected chi connectivity index (χ1v) is 10.8. The first kappa shape index (κ1) is 17.8. The van der Waals surface area contributed by atoms with Crippen molar-refractivity contribution in [2.45, 2.75) is 97.2 Å². The van der Waals surface area contributed by atoms with Gasteiger partial charge in [-0.3, -0.25) is 4.79 Å². The molecule has 0 amide bonds. The third-order valence-electron chi connectivity index (χ3n) is 9.11. The highest BCUT2D eigenvalue weighted by Crippen LogP contribution is 2.66. The summed E-state index contributed by atoms with van der Waals surface area (Å²) in [6.45, 7) is 6.84. The van der Waals surface area contributed by atoms with E-state index in [-0.39, 0.29) is 23.6 Å². The van der Waals surface area contributed by atoms with E-state index in [1.807, 2.05) is 6.92 Å². The number of carbonyl (C=O) groups is 1. The van der Waals surface area contributed by atoms with Crippen LogP contribution < -0.4 is 0 Å². The Balaban J connectivity index is 1.55. The van der Waals surface area contributed by atoms with Gasteiger partial charge < -0.3 is 9.84 Å². The fourth-order valence-corrected chi connectivity index (χ4v) is 7.62. The number of aliphatic hydroxyl groups is 1. The molecule has 8 atom stereocenters. The second-order valence-corrected chi connectivity index (χ2v) is 10.0. The molecule has 0 bridgehead atoms. The Morgan fingerprint density at radius 2 is 1.72 bits per heavy atom. The van der Waals surface area contributed by atoms with Crippen molar-refractivity contribution in [1.82, 2.24) is 0 Å². The van der Waals surface area contributed by atoms with Gasteiger partial charge in [0.1, 0.15) is 6.10 Å². The van der Waals surface area contributed by atoms with Crippen molar-refractivity contribution in [2.75, 3.05) is 0 Å². The molecule has 4 aliphatic rings. The van der Waals surface area contributed by atoms with E-state index >= 15 is 0 Å². The number of ether oxygens (including phenoxy) is 1. The molecule has 0 saturated heterocycles. The Kier molecular flexibility index (Phi) is 4.46. The van der Waals surface area contributed by atoms with E-state index in [0.29, 0.717) is 11.8 Å². The summed E-state index contributed by atoms with van der Waals surface area (Å²) in [7, 11) is 0. The van der Waals surface area contributed by atoms with E-state index in [4.69, 9.17) is 4.74 Å². The standard InChI is InChI=1S/C22H36O3/c1-4-20(24)25-19-8-7-17-16-6-5-14-13-15(23)9-11-21(14,2)18(16)10-12-22(17,19)3/h14-19,23H,4-13H2,1-3H3/t14-,15-,16-,17-,18-,19-,21-,22-/m0/s1. The predicted octanol–water partition coefficient (Wildman–Crippen LogP) is 4.71. The highest BCUT2D eigenvalue weighted by atomic mass is 16.5. The van der Waals surface area contributed by atoms with Gasteiger partial charge in [0.15, 0.2) is 0 Å². The largest absolute Gasteiger partial charge is 0.462 e. The Morgan fingerprint density at radius 3 is 2.48 bits per heavy atom. The fourth-order valence-electron chi connectivity index (χ4n) is 7.62. The van der Waals surface area contributed by atoms with Crippen molar-refractivity contribution in [1.29, 1.82) is 0 Å². The molecule has 0 spiro atoms. The molecule has 3 nitrogen and oxygen atoms in total. The number of fused-ring (bicyclic) bond motifs is 5. The second-order valence-electron chi connectivity index (χ2n) is 10.0. The van der Waals surface area contributed by atoms with E-state index in [0.717, 1.165) is 42.9 Å². The summed E-state index contributed by atoms with van der Waals surface area (Å²) in [6.07, 6.45) is 11.2. The van der Waals surface area contributed by atoms with Crippen molar-refractivity contribution in [3.05, 3.63) is 0 Å². The zero-order valence-electron chi connectivity index (χ0n) is 16.3. The molecule has 0 aliphatic heterocycles. The molecule has 4 rings (SSSR count). The van der Waals surface area contributed by atoms with Gasteiger partial charge >= 0.3 is 5.97 Å². The highest BCUT2D eigenvalue weighted by Gasteiger charge is 2.60. The molecule has 25 heavy (non-hydrogen) atoms. The van der Waals surface area contributed by atoms with Crippen molar-refractivity contribution >= 4 is 5.97 Å². The number of aliphatic hydroxyl groups excluding tert-OH is 1. The van der Waals surface area contributed by atoms with Crippen molar-refractivity contribution < 1.29 is 14.6 Å². The fraction of sp³-hybridized carbons (Fsp3) is 0.955. The lowest BCUT2D eigenvalue weighted by atomic mass is 9.45. The molecule has 3 heteroatoms. The van der Waals surface area contributed by atoms with E-state index in [1.165, 1.54) is 38.5 Å². The van der Waals surface area contributed by atoms with E-state index < -0.39 is 0 Å². The maximum absolute atomic E-state index is 11.9. The van der Waals surface area contributed by atoms with Crippen LogP contribution in [0, 0.1) is 34.5 Å². The summed E-state index contributed by atoms with van der Waals surface area (Å²) in [4.78, 5) is 11.9. The molecule has 142 valence electrons. The van der Waals surface area contributed by atoms with Gasteiger partial charge in [0.25, 0.3) is 0 Å². The molecule has 4 saturated carbocycles. The summed E-state index contributed by atoms with van der Waals surface area (Å²) in [5.74, 6) is 3.05. The Hall–Kier alpha value is -0.570. The Labute approximate surface area is 152 Å². The smallest absolute Gasteiger partial charge is 0.305 e. The Morgan fingerprint density at radius 1 is 1.00 bits per heavy atom. The zero-order chi connectivity index (χ0) is 17.8. The zero-order valence-corrected chi connectivity index (χ0v) is 16.3. The first-order chi connectivity index (χ1) is 11.9. The maximum Gasteiger partial charge on any atom is 0.305 e. The Bertz CT molecular complexity index is 531. The van der Waals surface area contributed by atoms with Crippen molar-refractivity contribution in [3.8, 4) is 0 Å². The SMILES string of the molecule is CCC(=O)O[C@H]1CC[C@H]2[C@@H]3CC[C@H]4C[C@@H](O)CC[C@]4(C)[C@H]3CC[C@]12C. The lowest BCUT2D eigenvalue weighted by Crippen LogP contribution is -2.54. The van der Waals surface area contributed by atoms with Crippen LogP contribution in [0.5, 0.6) is 0 Å². The summed E-state index contributed by atoms with van der Waals surface area (Å²) in [5, 5.41) is 10.1. The number of hydrogen-bond donors (Lipinski definition) is 1. The number of esters is 1. The summed E-state index contributed by atoms with van der Waals surface area (Å²) in [5.41, 5.74) is 0.630. The minimum Gasteiger partial charge on any atom is -0.462 e. The van der Waals surface area contributed by atoms with E-state index in [2.05, 4.69) is 13.8 Å². The van der Waals surface area contributed by atoms with Gasteiger partial charge in [0.05, 0.1) is 6.10 Å². The third-order valence-corrected chi connectivity index (χ3v) is 9.11. The minimum atomic E-state index is -0.0622. The number of carbonyl (C=O) groups excluding carboxylic acids is 1. The van der Waals surface area contributed by atoms with Gasteiger partial charge in [0.2, 0.25) is 0 Å². The molecule has 0 aromatic carbocycles. The van der Waals surface area contributed by atoms with Crippen LogP contribution in [-0.2, 0) is 9.53 Å². The van der Waals surface area contributed by atoms with Crippen LogP contribution in [0.4, 0.5) is 0 Å². The van der Waals surface area contributed by atoms with Crippen LogP contribution in [0.3, 0.4) is 0 Å². The van der Waals surface area contributed by atoms with Crippen LogP contribution in [0.2, 0.25) is 0 Å². The van der Waals surface area contributed by atoms with Crippen molar-refractivity contribution in [3.63, 3.8) is 0 Å². The molecule has 0 aromatic rings. The quantitative estimate of drug-likeness (QED) is 0.735. The van der Waals surface area contributed by atoms with Gasteiger partial charge in [-0.2, -0.15) is 0 Å². The molecule has 1 N–H and O–H groups in total. The molecular weight excluding hydrogens is 312 g/mol. The first-order valence-electron chi connectivity index (χ1n) is 10.8. The third kappa shape index (κ3) is 2.67. The van der Waals surface area contributed by atoms with Gasteiger partial charge in [-0.1, -0.05) is 20.8 Å². The average Bonchev–Trinajstić information content (AvgIpc) is 2.92. The highest BCUT2D eigenvalue weighted by molar-refractivity contribution is 5.69. The van der Waals surface area contributed by atoms with Crippen LogP contribution in [0.1, 0.15) is 85.0 Å². The molecule has 0 aromatic heterocycles. The molecule has 0 heterocycles. The molecule has 0 unspecified atom stereocenters. The lowest BCUT2D eigenvalue weighted by Gasteiger charge is -2.60. The monoisotopic (exact) mass is 348 g/mol. The van der Waals surface area contributed by atoms with Crippen LogP contribution in [-0.4, -0.2) is 23.3 Å². The molecule has 0 radical (unpaired) electrons. The van der Waals surface area contributed by atoms with Crippen LogP contribution in [0.25, 0.3) is 0 Å². The van der Waals surface area contributed by atoms with E-state index in [1.54, 1.807) is 0 Å². The van der Waals surface area contributed by atoms with Crippen LogP contribution >= 0.6 is 0 Å². The molecule has 4 fully saturated rings. The summed E-state index contributed by atoms with van der Waals surface area (Å²) < 4.78 is 5.89. The van der Waals surface area contributed by atoms with Gasteiger partial charge in [-0.05, 0) is 86.9 Å². The second kappa shape index (κ2) is 6.25. The van der Waals surface area contributed by atoms with Gasteiger partial charge in [-0.15, -0.1) is 0 Å². The summed E-state index contributed by atoms with van der Waals surface area (Å²) >= 11 is 0. The topological polar surface area (TPSA) is 46.5 Å². The lowest BCUT2D eigenvalue weighted by molar-refractivity contribution is -0.165. The van der Waals surface area contributed by atoms with Gasteiger partial charge in [0, 0.05) is 11.8 Å². The number of hydrogen-bond acceptors (Lipinski definition) is 3. The normalized spacial score (nSPS) is 52.0. The minimum absolute atomic E-state index is 0.0223. The molecule has 4 aliphatic carbocycles. The predicted molar refractivity (Wildman–Crippen MR) is 97.9 cm³/mol. The van der Waals surface area contributed by atoms with Crippen molar-refractivity contribution in [2.24, 2.45) is 34.5 Å². The maximum atomic E-state index is 11.9. The number of rotatable bonds is 2. The summed E-state index contributed by atoms with van der Waals surface area (Å²) in [6, 6.07) is 0. The molecular formula is C22H36O3. The average molecular weight is 349 g/mol. The van der Waals surface area contributed by atoms with E-state index in [9.17, 15) is 9.90 Å². The van der Waals surface area contributed by atoms with Crippen LogP contribution in [0.15, 0.2) is 0 Å². The van der Waals surface area contributed by atoms with Gasteiger partial charge in [-0.25, -0.2) is 0 Å².